The third kappa shape index (κ3) is 3.33. The molecule has 6 heteroatoms. The molecule has 5 nitrogen and oxygen atoms in total. The van der Waals surface area contributed by atoms with Crippen molar-refractivity contribution in [2.75, 3.05) is 18.0 Å². The van der Waals surface area contributed by atoms with Crippen LogP contribution in [0.15, 0.2) is 36.4 Å². The van der Waals surface area contributed by atoms with Crippen molar-refractivity contribution in [3.8, 4) is 5.75 Å². The SMILES string of the molecule is O=C(O)c1ccc(C(=O)c2c(O)ccc(N3CCCCC3)c2F)cc1. The van der Waals surface area contributed by atoms with Crippen LogP contribution in [-0.4, -0.2) is 35.1 Å². The van der Waals surface area contributed by atoms with Gasteiger partial charge in [-0.1, -0.05) is 12.1 Å². The average Bonchev–Trinajstić information content (AvgIpc) is 2.62. The number of benzene rings is 2. The summed E-state index contributed by atoms with van der Waals surface area (Å²) in [5.74, 6) is -2.95. The second kappa shape index (κ2) is 6.93. The smallest absolute Gasteiger partial charge is 0.335 e. The highest BCUT2D eigenvalue weighted by Gasteiger charge is 2.24. The molecule has 130 valence electrons. The van der Waals surface area contributed by atoms with Gasteiger partial charge < -0.3 is 15.1 Å². The normalized spacial score (nSPS) is 14.4. The number of halogens is 1. The molecule has 0 aromatic heterocycles. The number of piperidine rings is 1. The number of carboxylic acid groups (broad SMARTS) is 1. The Labute approximate surface area is 144 Å². The van der Waals surface area contributed by atoms with Gasteiger partial charge in [0.05, 0.1) is 11.3 Å². The van der Waals surface area contributed by atoms with Crippen LogP contribution in [-0.2, 0) is 0 Å². The lowest BCUT2D eigenvalue weighted by Crippen LogP contribution is -2.30. The van der Waals surface area contributed by atoms with Gasteiger partial charge in [-0.25, -0.2) is 9.18 Å². The first-order valence-electron chi connectivity index (χ1n) is 8.13. The standard InChI is InChI=1S/C19H18FNO4/c20-17-14(21-10-2-1-3-11-21)8-9-15(22)16(17)18(23)12-4-6-13(7-5-12)19(24)25/h4-9,22H,1-3,10-11H2,(H,24,25). The van der Waals surface area contributed by atoms with E-state index in [4.69, 9.17) is 5.11 Å². The van der Waals surface area contributed by atoms with Crippen LogP contribution < -0.4 is 4.90 Å². The lowest BCUT2D eigenvalue weighted by atomic mass is 9.99. The molecule has 0 saturated carbocycles. The highest BCUT2D eigenvalue weighted by molar-refractivity contribution is 6.11. The van der Waals surface area contributed by atoms with Crippen molar-refractivity contribution in [2.24, 2.45) is 0 Å². The summed E-state index contributed by atoms with van der Waals surface area (Å²) >= 11 is 0. The number of phenolic OH excluding ortho intramolecular Hbond substituents is 1. The van der Waals surface area contributed by atoms with E-state index in [1.54, 1.807) is 0 Å². The van der Waals surface area contributed by atoms with Crippen LogP contribution >= 0.6 is 0 Å². The van der Waals surface area contributed by atoms with Crippen molar-refractivity contribution < 1.29 is 24.2 Å². The van der Waals surface area contributed by atoms with E-state index in [2.05, 4.69) is 0 Å². The molecule has 2 aromatic rings. The van der Waals surface area contributed by atoms with Crippen molar-refractivity contribution >= 4 is 17.4 Å². The highest BCUT2D eigenvalue weighted by atomic mass is 19.1. The molecule has 2 N–H and O–H groups in total. The minimum Gasteiger partial charge on any atom is -0.507 e. The number of aromatic carboxylic acids is 1. The van der Waals surface area contributed by atoms with Crippen LogP contribution in [0.2, 0.25) is 0 Å². The number of phenols is 1. The van der Waals surface area contributed by atoms with Gasteiger partial charge in [0.2, 0.25) is 0 Å². The van der Waals surface area contributed by atoms with E-state index in [1.807, 2.05) is 4.90 Å². The fraction of sp³-hybridized carbons (Fsp3) is 0.263. The Hall–Kier alpha value is -2.89. The van der Waals surface area contributed by atoms with Crippen LogP contribution in [0.1, 0.15) is 45.5 Å². The molecule has 0 amide bonds. The molecule has 0 radical (unpaired) electrons. The van der Waals surface area contributed by atoms with Gasteiger partial charge in [0.15, 0.2) is 11.6 Å². The summed E-state index contributed by atoms with van der Waals surface area (Å²) < 4.78 is 14.9. The number of carbonyl (C=O) groups excluding carboxylic acids is 1. The van der Waals surface area contributed by atoms with E-state index in [0.29, 0.717) is 18.8 Å². The monoisotopic (exact) mass is 343 g/mol. The third-order valence-electron chi connectivity index (χ3n) is 4.42. The quantitative estimate of drug-likeness (QED) is 0.832. The molecule has 0 aliphatic carbocycles. The van der Waals surface area contributed by atoms with Crippen molar-refractivity contribution in [1.29, 1.82) is 0 Å². The number of carboxylic acids is 1. The number of hydrogen-bond donors (Lipinski definition) is 2. The zero-order valence-corrected chi connectivity index (χ0v) is 13.5. The molecule has 1 heterocycles. The largest absolute Gasteiger partial charge is 0.507 e. The predicted molar refractivity (Wildman–Crippen MR) is 91.0 cm³/mol. The Balaban J connectivity index is 1.97. The molecule has 1 saturated heterocycles. The number of aromatic hydroxyl groups is 1. The lowest BCUT2D eigenvalue weighted by molar-refractivity contribution is 0.0696. The van der Waals surface area contributed by atoms with E-state index in [0.717, 1.165) is 19.3 Å². The number of carbonyl (C=O) groups is 2. The summed E-state index contributed by atoms with van der Waals surface area (Å²) in [5, 5.41) is 18.9. The summed E-state index contributed by atoms with van der Waals surface area (Å²) in [5.41, 5.74) is 0.0764. The number of rotatable bonds is 4. The average molecular weight is 343 g/mol. The molecule has 1 fully saturated rings. The van der Waals surface area contributed by atoms with Crippen molar-refractivity contribution in [2.45, 2.75) is 19.3 Å². The molecule has 1 aliphatic heterocycles. The molecule has 0 unspecified atom stereocenters. The highest BCUT2D eigenvalue weighted by Crippen LogP contribution is 2.32. The Morgan fingerprint density at radius 2 is 1.52 bits per heavy atom. The first kappa shape index (κ1) is 17.0. The minimum absolute atomic E-state index is 0.0308. The fourth-order valence-electron chi connectivity index (χ4n) is 3.06. The minimum atomic E-state index is -1.11. The molecular formula is C19H18FNO4. The topological polar surface area (TPSA) is 77.8 Å². The van der Waals surface area contributed by atoms with Gasteiger partial charge >= 0.3 is 5.97 Å². The summed E-state index contributed by atoms with van der Waals surface area (Å²) in [7, 11) is 0. The summed E-state index contributed by atoms with van der Waals surface area (Å²) in [6, 6.07) is 8.00. The van der Waals surface area contributed by atoms with Crippen molar-refractivity contribution in [3.63, 3.8) is 0 Å². The van der Waals surface area contributed by atoms with Crippen LogP contribution in [0.25, 0.3) is 0 Å². The second-order valence-corrected chi connectivity index (χ2v) is 6.05. The maximum atomic E-state index is 14.9. The zero-order chi connectivity index (χ0) is 18.0. The Morgan fingerprint density at radius 3 is 2.12 bits per heavy atom. The van der Waals surface area contributed by atoms with E-state index in [-0.39, 0.29) is 16.7 Å². The third-order valence-corrected chi connectivity index (χ3v) is 4.42. The summed E-state index contributed by atoms with van der Waals surface area (Å²) in [4.78, 5) is 25.4. The van der Waals surface area contributed by atoms with Gasteiger partial charge in [-0.2, -0.15) is 0 Å². The predicted octanol–water partition coefficient (Wildman–Crippen LogP) is 3.45. The fourth-order valence-corrected chi connectivity index (χ4v) is 3.06. The Kier molecular flexibility index (Phi) is 4.70. The molecule has 0 spiro atoms. The number of ketones is 1. The first-order chi connectivity index (χ1) is 12.0. The summed E-state index contributed by atoms with van der Waals surface area (Å²) in [6.07, 6.45) is 3.01. The van der Waals surface area contributed by atoms with Crippen LogP contribution in [0, 0.1) is 5.82 Å². The number of nitrogens with zero attached hydrogens (tertiary/aromatic N) is 1. The molecule has 1 aliphatic rings. The molecule has 0 bridgehead atoms. The lowest BCUT2D eigenvalue weighted by Gasteiger charge is -2.29. The molecule has 3 rings (SSSR count). The van der Waals surface area contributed by atoms with Gasteiger partial charge in [-0.15, -0.1) is 0 Å². The van der Waals surface area contributed by atoms with Gasteiger partial charge in [0, 0.05) is 18.7 Å². The van der Waals surface area contributed by atoms with E-state index >= 15 is 0 Å². The maximum Gasteiger partial charge on any atom is 0.335 e. The van der Waals surface area contributed by atoms with Gasteiger partial charge in [-0.3, -0.25) is 4.79 Å². The van der Waals surface area contributed by atoms with Crippen molar-refractivity contribution in [3.05, 3.63) is 58.9 Å². The van der Waals surface area contributed by atoms with Crippen LogP contribution in [0.5, 0.6) is 5.75 Å². The van der Waals surface area contributed by atoms with E-state index in [1.165, 1.54) is 36.4 Å². The number of hydrogen-bond acceptors (Lipinski definition) is 4. The van der Waals surface area contributed by atoms with E-state index < -0.39 is 23.3 Å². The summed E-state index contributed by atoms with van der Waals surface area (Å²) in [6.45, 7) is 1.42. The van der Waals surface area contributed by atoms with Gasteiger partial charge in [-0.05, 0) is 43.5 Å². The van der Waals surface area contributed by atoms with Crippen LogP contribution in [0.4, 0.5) is 10.1 Å². The Bertz CT molecular complexity index is 811. The molecular weight excluding hydrogens is 325 g/mol. The van der Waals surface area contributed by atoms with Crippen LogP contribution in [0.3, 0.4) is 0 Å². The van der Waals surface area contributed by atoms with Gasteiger partial charge in [0.25, 0.3) is 0 Å². The second-order valence-electron chi connectivity index (χ2n) is 6.05. The maximum absolute atomic E-state index is 14.9. The number of anilines is 1. The van der Waals surface area contributed by atoms with E-state index in [9.17, 15) is 19.1 Å². The zero-order valence-electron chi connectivity index (χ0n) is 13.5. The Morgan fingerprint density at radius 1 is 0.920 bits per heavy atom. The molecule has 2 aromatic carbocycles. The van der Waals surface area contributed by atoms with Gasteiger partial charge in [0.1, 0.15) is 11.3 Å². The van der Waals surface area contributed by atoms with Crippen molar-refractivity contribution in [1.82, 2.24) is 0 Å². The molecule has 0 atom stereocenters. The molecule has 25 heavy (non-hydrogen) atoms. The first-order valence-corrected chi connectivity index (χ1v) is 8.13.